The molecule has 0 unspecified atom stereocenters. The molecule has 0 spiro atoms. The standard InChI is InChI=1S/C11H14F3N3O3/c1-2-19-8(18)4-6-3-7(5-15)17-10(9(6)16)20-11(12,13)14/h3H,2,4-5,15-16H2,1H3. The van der Waals surface area contributed by atoms with Gasteiger partial charge in [-0.1, -0.05) is 0 Å². The Morgan fingerprint density at radius 2 is 2.10 bits per heavy atom. The highest BCUT2D eigenvalue weighted by Gasteiger charge is 2.33. The van der Waals surface area contributed by atoms with E-state index < -0.39 is 18.2 Å². The van der Waals surface area contributed by atoms with E-state index in [4.69, 9.17) is 16.2 Å². The number of nitrogens with two attached hydrogens (primary N) is 2. The Bertz CT molecular complexity index is 492. The first-order valence-electron chi connectivity index (χ1n) is 5.66. The van der Waals surface area contributed by atoms with Gasteiger partial charge >= 0.3 is 12.3 Å². The first-order valence-corrected chi connectivity index (χ1v) is 5.66. The van der Waals surface area contributed by atoms with Crippen molar-refractivity contribution in [2.75, 3.05) is 12.3 Å². The number of halogens is 3. The predicted octanol–water partition coefficient (Wildman–Crippen LogP) is 1.13. The van der Waals surface area contributed by atoms with Crippen LogP contribution in [0.2, 0.25) is 0 Å². The summed E-state index contributed by atoms with van der Waals surface area (Å²) in [5, 5.41) is 0. The molecule has 0 aliphatic carbocycles. The third-order valence-electron chi connectivity index (χ3n) is 2.22. The lowest BCUT2D eigenvalue weighted by Gasteiger charge is -2.14. The van der Waals surface area contributed by atoms with Crippen LogP contribution in [0.3, 0.4) is 0 Å². The smallest absolute Gasteiger partial charge is 0.466 e. The van der Waals surface area contributed by atoms with Crippen molar-refractivity contribution in [2.24, 2.45) is 5.73 Å². The molecule has 0 aromatic carbocycles. The Morgan fingerprint density at radius 3 is 2.60 bits per heavy atom. The predicted molar refractivity (Wildman–Crippen MR) is 63.6 cm³/mol. The maximum Gasteiger partial charge on any atom is 0.574 e. The molecular weight excluding hydrogens is 279 g/mol. The zero-order valence-electron chi connectivity index (χ0n) is 10.7. The highest BCUT2D eigenvalue weighted by atomic mass is 19.4. The Morgan fingerprint density at radius 1 is 1.45 bits per heavy atom. The van der Waals surface area contributed by atoms with E-state index in [1.165, 1.54) is 6.07 Å². The van der Waals surface area contributed by atoms with Gasteiger partial charge in [-0.2, -0.15) is 0 Å². The number of pyridine rings is 1. The maximum atomic E-state index is 12.2. The lowest BCUT2D eigenvalue weighted by atomic mass is 10.1. The molecule has 1 rings (SSSR count). The summed E-state index contributed by atoms with van der Waals surface area (Å²) in [4.78, 5) is 14.9. The number of carbonyl (C=O) groups excluding carboxylic acids is 1. The fourth-order valence-electron chi connectivity index (χ4n) is 1.44. The first-order chi connectivity index (χ1) is 9.26. The van der Waals surface area contributed by atoms with Gasteiger partial charge in [0.2, 0.25) is 5.88 Å². The third kappa shape index (κ3) is 4.57. The first kappa shape index (κ1) is 16.0. The summed E-state index contributed by atoms with van der Waals surface area (Å²) >= 11 is 0. The number of nitrogens with zero attached hydrogens (tertiary/aromatic N) is 1. The number of rotatable bonds is 5. The van der Waals surface area contributed by atoms with Gasteiger partial charge in [0.1, 0.15) is 0 Å². The average Bonchev–Trinajstić information content (AvgIpc) is 2.32. The van der Waals surface area contributed by atoms with E-state index in [1.807, 2.05) is 0 Å². The number of nitrogen functional groups attached to an aromatic ring is 1. The molecule has 6 nitrogen and oxygen atoms in total. The summed E-state index contributed by atoms with van der Waals surface area (Å²) in [6, 6.07) is 1.34. The normalized spacial score (nSPS) is 11.2. The molecular formula is C11H14F3N3O3. The van der Waals surface area contributed by atoms with E-state index in [-0.39, 0.29) is 36.5 Å². The van der Waals surface area contributed by atoms with Crippen LogP contribution in [-0.4, -0.2) is 23.9 Å². The molecule has 0 fully saturated rings. The van der Waals surface area contributed by atoms with Crippen LogP contribution >= 0.6 is 0 Å². The van der Waals surface area contributed by atoms with E-state index in [9.17, 15) is 18.0 Å². The van der Waals surface area contributed by atoms with Crippen molar-refractivity contribution in [1.29, 1.82) is 0 Å². The molecule has 1 aromatic rings. The number of ether oxygens (including phenoxy) is 2. The molecule has 4 N–H and O–H groups in total. The van der Waals surface area contributed by atoms with Gasteiger partial charge in [0.15, 0.2) is 0 Å². The molecule has 20 heavy (non-hydrogen) atoms. The Kier molecular flexibility index (Phi) is 5.14. The van der Waals surface area contributed by atoms with Gasteiger partial charge in [-0.25, -0.2) is 4.98 Å². The lowest BCUT2D eigenvalue weighted by molar-refractivity contribution is -0.275. The van der Waals surface area contributed by atoms with E-state index in [2.05, 4.69) is 9.72 Å². The molecule has 9 heteroatoms. The van der Waals surface area contributed by atoms with Crippen LogP contribution in [0.5, 0.6) is 5.88 Å². The summed E-state index contributed by atoms with van der Waals surface area (Å²) in [7, 11) is 0. The van der Waals surface area contributed by atoms with Crippen LogP contribution in [0.25, 0.3) is 0 Å². The van der Waals surface area contributed by atoms with Crippen LogP contribution in [0.1, 0.15) is 18.2 Å². The minimum Gasteiger partial charge on any atom is -0.466 e. The van der Waals surface area contributed by atoms with Crippen LogP contribution < -0.4 is 16.2 Å². The molecule has 0 radical (unpaired) electrons. The van der Waals surface area contributed by atoms with Crippen molar-refractivity contribution in [1.82, 2.24) is 4.98 Å². The molecule has 0 saturated carbocycles. The van der Waals surface area contributed by atoms with Crippen molar-refractivity contribution in [3.63, 3.8) is 0 Å². The number of carbonyl (C=O) groups is 1. The molecule has 0 atom stereocenters. The number of hydrogen-bond acceptors (Lipinski definition) is 6. The second-order valence-corrected chi connectivity index (χ2v) is 3.73. The molecule has 0 amide bonds. The third-order valence-corrected chi connectivity index (χ3v) is 2.22. The lowest BCUT2D eigenvalue weighted by Crippen LogP contribution is -2.21. The maximum absolute atomic E-state index is 12.2. The highest BCUT2D eigenvalue weighted by Crippen LogP contribution is 2.30. The minimum absolute atomic E-state index is 0.121. The van der Waals surface area contributed by atoms with Crippen molar-refractivity contribution in [2.45, 2.75) is 26.3 Å². The summed E-state index contributed by atoms with van der Waals surface area (Å²) in [5.74, 6) is -1.44. The van der Waals surface area contributed by atoms with Gasteiger partial charge in [-0.15, -0.1) is 13.2 Å². The van der Waals surface area contributed by atoms with Crippen LogP contribution in [0.4, 0.5) is 18.9 Å². The highest BCUT2D eigenvalue weighted by molar-refractivity contribution is 5.75. The second-order valence-electron chi connectivity index (χ2n) is 3.73. The largest absolute Gasteiger partial charge is 0.574 e. The van der Waals surface area contributed by atoms with Crippen LogP contribution in [-0.2, 0) is 22.5 Å². The van der Waals surface area contributed by atoms with Crippen molar-refractivity contribution < 1.29 is 27.4 Å². The number of alkyl halides is 3. The Labute approximate surface area is 112 Å². The van der Waals surface area contributed by atoms with E-state index >= 15 is 0 Å². The fourth-order valence-corrected chi connectivity index (χ4v) is 1.44. The van der Waals surface area contributed by atoms with Crippen molar-refractivity contribution >= 4 is 11.7 Å². The summed E-state index contributed by atoms with van der Waals surface area (Å²) in [6.45, 7) is 1.64. The summed E-state index contributed by atoms with van der Waals surface area (Å²) in [5.41, 5.74) is 10.7. The fraction of sp³-hybridized carbons (Fsp3) is 0.455. The van der Waals surface area contributed by atoms with Gasteiger partial charge in [0.25, 0.3) is 0 Å². The van der Waals surface area contributed by atoms with Gasteiger partial charge in [0, 0.05) is 6.54 Å². The minimum atomic E-state index is -4.93. The molecule has 1 aromatic heterocycles. The average molecular weight is 293 g/mol. The number of aromatic nitrogens is 1. The van der Waals surface area contributed by atoms with Gasteiger partial charge in [-0.05, 0) is 18.6 Å². The molecule has 0 aliphatic rings. The van der Waals surface area contributed by atoms with Crippen molar-refractivity contribution in [3.8, 4) is 5.88 Å². The van der Waals surface area contributed by atoms with Crippen LogP contribution in [0.15, 0.2) is 6.07 Å². The SMILES string of the molecule is CCOC(=O)Cc1cc(CN)nc(OC(F)(F)F)c1N. The van der Waals surface area contributed by atoms with E-state index in [1.54, 1.807) is 6.92 Å². The molecule has 0 saturated heterocycles. The molecule has 112 valence electrons. The summed E-state index contributed by atoms with van der Waals surface area (Å²) in [6.07, 6.45) is -5.22. The quantitative estimate of drug-likeness (QED) is 0.789. The second kappa shape index (κ2) is 6.42. The Balaban J connectivity index is 3.10. The molecule has 1 heterocycles. The number of anilines is 1. The zero-order chi connectivity index (χ0) is 15.3. The van der Waals surface area contributed by atoms with Gasteiger partial charge < -0.3 is 20.9 Å². The zero-order valence-corrected chi connectivity index (χ0v) is 10.7. The monoisotopic (exact) mass is 293 g/mol. The van der Waals surface area contributed by atoms with Gasteiger partial charge in [0.05, 0.1) is 24.4 Å². The molecule has 0 aliphatic heterocycles. The number of esters is 1. The van der Waals surface area contributed by atoms with Gasteiger partial charge in [-0.3, -0.25) is 4.79 Å². The van der Waals surface area contributed by atoms with Crippen LogP contribution in [0, 0.1) is 0 Å². The Hall–Kier alpha value is -2.03. The molecule has 0 bridgehead atoms. The summed E-state index contributed by atoms with van der Waals surface area (Å²) < 4.78 is 45.1. The van der Waals surface area contributed by atoms with E-state index in [0.29, 0.717) is 0 Å². The van der Waals surface area contributed by atoms with Crippen molar-refractivity contribution in [3.05, 3.63) is 17.3 Å². The van der Waals surface area contributed by atoms with E-state index in [0.717, 1.165) is 0 Å². The topological polar surface area (TPSA) is 100 Å². The number of hydrogen-bond donors (Lipinski definition) is 2.